The van der Waals surface area contributed by atoms with Gasteiger partial charge in [0.05, 0.1) is 25.0 Å². The van der Waals surface area contributed by atoms with E-state index in [1.54, 1.807) is 0 Å². The molecule has 92 valence electrons. The smallest absolute Gasteiger partial charge is 0.293 e. The van der Waals surface area contributed by atoms with Crippen molar-refractivity contribution in [2.75, 3.05) is 0 Å². The Balaban J connectivity index is 2.12. The molecule has 0 aliphatic heterocycles. The number of imidazole rings is 2. The van der Waals surface area contributed by atoms with E-state index in [0.717, 1.165) is 22.7 Å². The van der Waals surface area contributed by atoms with Crippen molar-refractivity contribution in [2.45, 2.75) is 0 Å². The van der Waals surface area contributed by atoms with Crippen LogP contribution in [0.4, 0.5) is 0 Å². The Hall–Kier alpha value is -2.62. The molecule has 4 heteroatoms. The van der Waals surface area contributed by atoms with E-state index in [9.17, 15) is 0 Å². The summed E-state index contributed by atoms with van der Waals surface area (Å²) in [6.45, 7) is 0. The fraction of sp³-hybridized carbons (Fsp3) is 0.0667. The lowest BCUT2D eigenvalue weighted by molar-refractivity contribution is -0.659. The Morgan fingerprint density at radius 2 is 1.68 bits per heavy atom. The van der Waals surface area contributed by atoms with Gasteiger partial charge in [-0.25, -0.2) is 9.55 Å². The van der Waals surface area contributed by atoms with Crippen molar-refractivity contribution in [1.82, 2.24) is 13.8 Å². The first-order valence-corrected chi connectivity index (χ1v) is 6.23. The van der Waals surface area contributed by atoms with Crippen molar-refractivity contribution in [3.05, 3.63) is 61.2 Å². The first kappa shape index (κ1) is 10.3. The second-order valence-corrected chi connectivity index (χ2v) is 4.64. The third-order valence-electron chi connectivity index (χ3n) is 3.42. The molecule has 0 unspecified atom stereocenters. The van der Waals surface area contributed by atoms with E-state index in [1.807, 2.05) is 43.7 Å². The lowest BCUT2D eigenvalue weighted by atomic mass is 10.4. The summed E-state index contributed by atoms with van der Waals surface area (Å²) in [5.41, 5.74) is 2.26. The fourth-order valence-electron chi connectivity index (χ4n) is 2.56. The maximum Gasteiger partial charge on any atom is 0.330 e. The number of hydrogen-bond donors (Lipinski definition) is 0. The molecular formula is C15H13N4+. The molecule has 0 fully saturated rings. The van der Waals surface area contributed by atoms with E-state index in [0.29, 0.717) is 0 Å². The zero-order valence-corrected chi connectivity index (χ0v) is 10.6. The van der Waals surface area contributed by atoms with Crippen LogP contribution in [0.3, 0.4) is 0 Å². The van der Waals surface area contributed by atoms with Gasteiger partial charge in [-0.3, -0.25) is 4.40 Å². The molecule has 0 aromatic carbocycles. The number of aromatic nitrogens is 4. The summed E-state index contributed by atoms with van der Waals surface area (Å²) in [6.07, 6.45) is 8.12. The van der Waals surface area contributed by atoms with Gasteiger partial charge in [0, 0.05) is 6.20 Å². The summed E-state index contributed by atoms with van der Waals surface area (Å²) in [5, 5.41) is 0. The molecule has 0 radical (unpaired) electrons. The Bertz CT molecular complexity index is 885. The number of pyridine rings is 2. The van der Waals surface area contributed by atoms with Crippen LogP contribution >= 0.6 is 0 Å². The first-order valence-electron chi connectivity index (χ1n) is 6.23. The predicted molar refractivity (Wildman–Crippen MR) is 72.8 cm³/mol. The van der Waals surface area contributed by atoms with E-state index < -0.39 is 0 Å². The second-order valence-electron chi connectivity index (χ2n) is 4.64. The van der Waals surface area contributed by atoms with Crippen LogP contribution < -0.4 is 4.57 Å². The predicted octanol–water partition coefficient (Wildman–Crippen LogP) is 2.08. The summed E-state index contributed by atoms with van der Waals surface area (Å²) in [6, 6.07) is 12.3. The van der Waals surface area contributed by atoms with Crippen molar-refractivity contribution in [2.24, 2.45) is 7.05 Å². The van der Waals surface area contributed by atoms with Gasteiger partial charge in [0.25, 0.3) is 0 Å². The molecule has 0 aliphatic rings. The highest BCUT2D eigenvalue weighted by Crippen LogP contribution is 2.18. The van der Waals surface area contributed by atoms with Crippen LogP contribution in [-0.2, 0) is 7.05 Å². The lowest BCUT2D eigenvalue weighted by Crippen LogP contribution is -2.29. The highest BCUT2D eigenvalue weighted by molar-refractivity contribution is 5.59. The number of fused-ring (bicyclic) bond motifs is 2. The molecule has 0 bridgehead atoms. The van der Waals surface area contributed by atoms with Gasteiger partial charge in [-0.1, -0.05) is 12.1 Å². The number of rotatable bonds is 1. The van der Waals surface area contributed by atoms with Gasteiger partial charge in [-0.15, -0.1) is 0 Å². The minimum atomic E-state index is 0.948. The monoisotopic (exact) mass is 249 g/mol. The van der Waals surface area contributed by atoms with Gasteiger partial charge in [0.15, 0.2) is 5.52 Å². The Kier molecular flexibility index (Phi) is 2.00. The van der Waals surface area contributed by atoms with Gasteiger partial charge in [-0.2, -0.15) is 4.40 Å². The molecule has 0 N–H and O–H groups in total. The van der Waals surface area contributed by atoms with E-state index >= 15 is 0 Å². The largest absolute Gasteiger partial charge is 0.330 e. The van der Waals surface area contributed by atoms with Gasteiger partial charge in [0.2, 0.25) is 5.82 Å². The van der Waals surface area contributed by atoms with E-state index in [1.165, 1.54) is 0 Å². The number of aryl methyl sites for hydroxylation is 1. The van der Waals surface area contributed by atoms with Crippen LogP contribution in [0.25, 0.3) is 22.7 Å². The third kappa shape index (κ3) is 1.40. The molecule has 0 saturated carbocycles. The molecule has 4 rings (SSSR count). The zero-order valence-electron chi connectivity index (χ0n) is 10.6. The Labute approximate surface area is 110 Å². The van der Waals surface area contributed by atoms with Crippen molar-refractivity contribution < 1.29 is 4.57 Å². The molecule has 19 heavy (non-hydrogen) atoms. The molecule has 4 aromatic heterocycles. The summed E-state index contributed by atoms with van der Waals surface area (Å²) < 4.78 is 6.37. The van der Waals surface area contributed by atoms with Crippen molar-refractivity contribution in [3.8, 4) is 11.6 Å². The molecule has 0 saturated heterocycles. The van der Waals surface area contributed by atoms with Gasteiger partial charge >= 0.3 is 5.82 Å². The maximum atomic E-state index is 4.57. The van der Waals surface area contributed by atoms with Gasteiger partial charge in [-0.05, 0) is 24.3 Å². The highest BCUT2D eigenvalue weighted by atomic mass is 15.2. The van der Waals surface area contributed by atoms with Crippen LogP contribution in [0, 0.1) is 0 Å². The molecule has 4 heterocycles. The minimum Gasteiger partial charge on any atom is -0.293 e. The first-order chi connectivity index (χ1) is 9.34. The van der Waals surface area contributed by atoms with Crippen molar-refractivity contribution in [1.29, 1.82) is 0 Å². The molecule has 4 nitrogen and oxygen atoms in total. The number of nitrogens with zero attached hydrogens (tertiary/aromatic N) is 4. The summed E-state index contributed by atoms with van der Waals surface area (Å²) in [4.78, 5) is 4.57. The highest BCUT2D eigenvalue weighted by Gasteiger charge is 2.21. The lowest BCUT2D eigenvalue weighted by Gasteiger charge is -1.97. The van der Waals surface area contributed by atoms with Crippen LogP contribution in [0.15, 0.2) is 61.2 Å². The molecule has 4 aromatic rings. The van der Waals surface area contributed by atoms with E-state index in [2.05, 4.69) is 42.9 Å². The average Bonchev–Trinajstić information content (AvgIpc) is 2.98. The SMILES string of the molecule is C[n+]1cc2ccccn2c1-c1ncc2ccccn12. The van der Waals surface area contributed by atoms with E-state index in [-0.39, 0.29) is 0 Å². The topological polar surface area (TPSA) is 25.6 Å². The normalized spacial score (nSPS) is 11.4. The van der Waals surface area contributed by atoms with Crippen molar-refractivity contribution in [3.63, 3.8) is 0 Å². The molecule has 0 spiro atoms. The van der Waals surface area contributed by atoms with Crippen LogP contribution in [0.5, 0.6) is 0 Å². The zero-order chi connectivity index (χ0) is 12.8. The third-order valence-corrected chi connectivity index (χ3v) is 3.42. The average molecular weight is 249 g/mol. The maximum absolute atomic E-state index is 4.57. The summed E-state index contributed by atoms with van der Waals surface area (Å²) in [7, 11) is 2.05. The standard InChI is InChI=1S/C15H13N4/c1-17-11-13-7-3-5-9-19(13)15(17)14-16-10-12-6-2-4-8-18(12)14/h2-11H,1H3/q+1. The van der Waals surface area contributed by atoms with Crippen LogP contribution in [0.1, 0.15) is 0 Å². The Morgan fingerprint density at radius 1 is 0.947 bits per heavy atom. The van der Waals surface area contributed by atoms with Crippen LogP contribution in [-0.4, -0.2) is 13.8 Å². The Morgan fingerprint density at radius 3 is 2.53 bits per heavy atom. The molecule has 0 atom stereocenters. The summed E-state index contributed by atoms with van der Waals surface area (Å²) in [5.74, 6) is 2.02. The molecule has 0 amide bonds. The minimum absolute atomic E-state index is 0.948. The quantitative estimate of drug-likeness (QED) is 0.474. The van der Waals surface area contributed by atoms with Gasteiger partial charge in [0.1, 0.15) is 6.20 Å². The van der Waals surface area contributed by atoms with E-state index in [4.69, 9.17) is 0 Å². The molecular weight excluding hydrogens is 236 g/mol. The van der Waals surface area contributed by atoms with Gasteiger partial charge < -0.3 is 0 Å². The summed E-state index contributed by atoms with van der Waals surface area (Å²) >= 11 is 0. The second kappa shape index (κ2) is 3.68. The van der Waals surface area contributed by atoms with Crippen LogP contribution in [0.2, 0.25) is 0 Å². The molecule has 0 aliphatic carbocycles. The van der Waals surface area contributed by atoms with Crippen molar-refractivity contribution >= 4 is 11.0 Å². The number of hydrogen-bond acceptors (Lipinski definition) is 1. The fourth-order valence-corrected chi connectivity index (χ4v) is 2.56.